The zero-order valence-corrected chi connectivity index (χ0v) is 16.7. The second kappa shape index (κ2) is 21.7. The lowest BCUT2D eigenvalue weighted by atomic mass is 10.2. The molecule has 0 aliphatic rings. The van der Waals surface area contributed by atoms with E-state index in [2.05, 4.69) is 0 Å². The third-order valence-electron chi connectivity index (χ3n) is 2.27. The Morgan fingerprint density at radius 1 is 0.656 bits per heavy atom. The van der Waals surface area contributed by atoms with Crippen LogP contribution in [0.1, 0.15) is 32.6 Å². The summed E-state index contributed by atoms with van der Waals surface area (Å²) in [5.41, 5.74) is 5.00. The minimum Gasteiger partial charge on any atom is -0.481 e. The third kappa shape index (κ3) is 45.0. The molecule has 0 saturated heterocycles. The summed E-state index contributed by atoms with van der Waals surface area (Å²) in [7, 11) is 0. The average molecular weight is 471 g/mol. The van der Waals surface area contributed by atoms with Crippen molar-refractivity contribution in [3.8, 4) is 0 Å². The number of carboxylic acid groups (broad SMARTS) is 7. The van der Waals surface area contributed by atoms with E-state index in [9.17, 15) is 33.6 Å². The van der Waals surface area contributed by atoms with Crippen LogP contribution < -0.4 is 5.73 Å². The number of aliphatic carboxylic acids is 7. The number of hydrogen-bond acceptors (Lipinski definition) is 9. The van der Waals surface area contributed by atoms with Crippen LogP contribution in [0.4, 0.5) is 0 Å². The van der Waals surface area contributed by atoms with Gasteiger partial charge in [0.05, 0.1) is 12.8 Å². The molecule has 0 fully saturated rings. The maximum Gasteiger partial charge on any atom is 0.332 e. The van der Waals surface area contributed by atoms with Crippen molar-refractivity contribution < 1.29 is 74.4 Å². The highest BCUT2D eigenvalue weighted by atomic mass is 16.4. The Bertz CT molecular complexity index is 638. The summed E-state index contributed by atoms with van der Waals surface area (Å²) >= 11 is 0. The van der Waals surface area contributed by atoms with Crippen LogP contribution in [0.3, 0.4) is 0 Å². The molecule has 0 bridgehead atoms. The molecule has 0 aliphatic heterocycles. The number of aliphatic hydroxyl groups is 1. The first-order valence-corrected chi connectivity index (χ1v) is 8.12. The fraction of sp³-hybridized carbons (Fsp3) is 0.438. The fourth-order valence-corrected chi connectivity index (χ4v) is 0.759. The molecular formula is C16H25NO15. The van der Waals surface area contributed by atoms with E-state index in [0.29, 0.717) is 12.2 Å². The summed E-state index contributed by atoms with van der Waals surface area (Å²) in [5.74, 6) is -8.05. The number of nitrogens with two attached hydrogens (primary N) is 1. The van der Waals surface area contributed by atoms with Crippen molar-refractivity contribution in [3.05, 3.63) is 12.2 Å². The van der Waals surface area contributed by atoms with Crippen LogP contribution in [0.2, 0.25) is 0 Å². The number of aliphatic hydroxyl groups excluding tert-OH is 1. The SMILES string of the molecule is CC(O)C(=O)O.N[C@@H](CCC(=O)O)C(=O)O.O=C(O)C=CC(=O)O.O=C(O)CCC(=O)O. The van der Waals surface area contributed by atoms with Gasteiger partial charge in [-0.05, 0) is 13.3 Å². The van der Waals surface area contributed by atoms with Gasteiger partial charge in [-0.15, -0.1) is 0 Å². The molecule has 16 heteroatoms. The van der Waals surface area contributed by atoms with E-state index in [1.807, 2.05) is 0 Å². The molecule has 184 valence electrons. The van der Waals surface area contributed by atoms with Gasteiger partial charge in [0.2, 0.25) is 0 Å². The van der Waals surface area contributed by atoms with E-state index in [1.165, 1.54) is 6.92 Å². The van der Waals surface area contributed by atoms with Crippen LogP contribution in [0.25, 0.3) is 0 Å². The van der Waals surface area contributed by atoms with Crippen molar-refractivity contribution in [3.63, 3.8) is 0 Å². The lowest BCUT2D eigenvalue weighted by Crippen LogP contribution is -2.30. The summed E-state index contributed by atoms with van der Waals surface area (Å²) in [6.45, 7) is 1.20. The van der Waals surface area contributed by atoms with Crippen LogP contribution in [0, 0.1) is 0 Å². The van der Waals surface area contributed by atoms with E-state index in [1.54, 1.807) is 0 Å². The quantitative estimate of drug-likeness (QED) is 0.161. The molecule has 0 heterocycles. The van der Waals surface area contributed by atoms with Gasteiger partial charge >= 0.3 is 41.8 Å². The van der Waals surface area contributed by atoms with Gasteiger partial charge in [-0.25, -0.2) is 14.4 Å². The molecule has 2 atom stereocenters. The summed E-state index contributed by atoms with van der Waals surface area (Å²) in [4.78, 5) is 67.7. The van der Waals surface area contributed by atoms with Gasteiger partial charge in [0.15, 0.2) is 0 Å². The van der Waals surface area contributed by atoms with Crippen molar-refractivity contribution in [2.24, 2.45) is 5.73 Å². The monoisotopic (exact) mass is 471 g/mol. The Labute approximate surface area is 179 Å². The lowest BCUT2D eigenvalue weighted by Gasteiger charge is -2.01. The molecular weight excluding hydrogens is 446 g/mol. The largest absolute Gasteiger partial charge is 0.481 e. The molecule has 16 nitrogen and oxygen atoms in total. The Balaban J connectivity index is -0.000000166. The molecule has 1 unspecified atom stereocenters. The van der Waals surface area contributed by atoms with Gasteiger partial charge in [-0.2, -0.15) is 0 Å². The van der Waals surface area contributed by atoms with Gasteiger partial charge in [0.25, 0.3) is 0 Å². The summed E-state index contributed by atoms with van der Waals surface area (Å²) in [5, 5.41) is 63.5. The van der Waals surface area contributed by atoms with Crippen molar-refractivity contribution in [2.75, 3.05) is 0 Å². The number of rotatable bonds is 10. The van der Waals surface area contributed by atoms with Gasteiger partial charge in [0, 0.05) is 18.6 Å². The van der Waals surface area contributed by atoms with Crippen molar-refractivity contribution >= 4 is 41.8 Å². The second-order valence-electron chi connectivity index (χ2n) is 5.19. The standard InChI is InChI=1S/C5H9NO4.C4H6O4.C4H4O4.C3H6O3/c6-3(5(9)10)1-2-4(7)8;2*5-3(6)1-2-4(7)8;1-2(4)3(5)6/h3H,1-2,6H2,(H,7,8)(H,9,10);1-2H2,(H,5,6)(H,7,8);1-2H,(H,5,6)(H,7,8);2,4H,1H3,(H,5,6)/t3-;;;/m0.../s1. The van der Waals surface area contributed by atoms with E-state index < -0.39 is 53.9 Å². The first-order chi connectivity index (χ1) is 14.4. The van der Waals surface area contributed by atoms with Crippen molar-refractivity contribution in [1.29, 1.82) is 0 Å². The summed E-state index contributed by atoms with van der Waals surface area (Å²) in [6, 6.07) is -1.06. The van der Waals surface area contributed by atoms with Gasteiger partial charge in [0.1, 0.15) is 12.1 Å². The van der Waals surface area contributed by atoms with Crippen molar-refractivity contribution in [2.45, 2.75) is 44.8 Å². The molecule has 10 N–H and O–H groups in total. The van der Waals surface area contributed by atoms with Crippen LogP contribution in [0.15, 0.2) is 12.2 Å². The number of hydrogen-bond donors (Lipinski definition) is 9. The van der Waals surface area contributed by atoms with E-state index >= 15 is 0 Å². The lowest BCUT2D eigenvalue weighted by molar-refractivity contribution is -0.145. The first-order valence-electron chi connectivity index (χ1n) is 8.12. The van der Waals surface area contributed by atoms with Crippen LogP contribution in [-0.4, -0.2) is 94.8 Å². The molecule has 0 aliphatic carbocycles. The third-order valence-corrected chi connectivity index (χ3v) is 2.27. The van der Waals surface area contributed by atoms with Crippen LogP contribution in [-0.2, 0) is 33.6 Å². The van der Waals surface area contributed by atoms with E-state index in [4.69, 9.17) is 46.6 Å². The maximum absolute atomic E-state index is 9.99. The zero-order valence-electron chi connectivity index (χ0n) is 16.7. The van der Waals surface area contributed by atoms with Crippen LogP contribution in [0.5, 0.6) is 0 Å². The molecule has 0 saturated carbocycles. The Kier molecular flexibility index (Phi) is 23.9. The highest BCUT2D eigenvalue weighted by Gasteiger charge is 2.12. The summed E-state index contributed by atoms with van der Waals surface area (Å²) < 4.78 is 0. The molecule has 0 aromatic carbocycles. The predicted molar refractivity (Wildman–Crippen MR) is 101 cm³/mol. The van der Waals surface area contributed by atoms with Crippen molar-refractivity contribution in [1.82, 2.24) is 0 Å². The van der Waals surface area contributed by atoms with Gasteiger partial charge < -0.3 is 46.6 Å². The van der Waals surface area contributed by atoms with Crippen LogP contribution >= 0.6 is 0 Å². The molecule has 0 radical (unpaired) electrons. The topological polar surface area (TPSA) is 307 Å². The minimum absolute atomic E-state index is 0.0231. The zero-order chi connectivity index (χ0) is 26.4. The highest BCUT2D eigenvalue weighted by molar-refractivity contribution is 5.89. The first kappa shape index (κ1) is 35.4. The van der Waals surface area contributed by atoms with Gasteiger partial charge in [-0.1, -0.05) is 0 Å². The van der Waals surface area contributed by atoms with Gasteiger partial charge in [-0.3, -0.25) is 19.2 Å². The number of carbonyl (C=O) groups is 7. The fourth-order valence-electron chi connectivity index (χ4n) is 0.759. The molecule has 0 amide bonds. The summed E-state index contributed by atoms with van der Waals surface area (Å²) in [6.07, 6.45) is -0.932. The molecule has 0 rings (SSSR count). The smallest absolute Gasteiger partial charge is 0.332 e. The Morgan fingerprint density at radius 2 is 0.938 bits per heavy atom. The van der Waals surface area contributed by atoms with E-state index in [-0.39, 0.29) is 25.7 Å². The molecule has 32 heavy (non-hydrogen) atoms. The molecule has 0 spiro atoms. The maximum atomic E-state index is 9.99. The predicted octanol–water partition coefficient (Wildman–Crippen LogP) is -1.64. The normalized spacial score (nSPS) is 11.0. The Hall–Kier alpha value is -4.05. The number of carboxylic acids is 7. The molecule has 0 aromatic rings. The Morgan fingerprint density at radius 3 is 1.09 bits per heavy atom. The molecule has 0 aromatic heterocycles. The average Bonchev–Trinajstić information content (AvgIpc) is 2.64. The minimum atomic E-state index is -1.26. The van der Waals surface area contributed by atoms with E-state index in [0.717, 1.165) is 0 Å². The highest BCUT2D eigenvalue weighted by Crippen LogP contribution is 1.93. The second-order valence-corrected chi connectivity index (χ2v) is 5.19.